The van der Waals surface area contributed by atoms with Gasteiger partial charge in [0.1, 0.15) is 5.75 Å². The van der Waals surface area contributed by atoms with Crippen molar-refractivity contribution in [3.63, 3.8) is 0 Å². The van der Waals surface area contributed by atoms with Gasteiger partial charge in [-0.25, -0.2) is 0 Å². The second kappa shape index (κ2) is 7.38. The van der Waals surface area contributed by atoms with Gasteiger partial charge < -0.3 is 14.0 Å². The Morgan fingerprint density at radius 2 is 1.88 bits per heavy atom. The Morgan fingerprint density at radius 1 is 1.12 bits per heavy atom. The Bertz CT molecular complexity index is 1040. The standard InChI is InChI=1S/C17H18N2O4S2/c1-22-11-10-19-15-9-8-13(23-2)12-16(15)24-17(19)18-25(20,21)14-6-4-3-5-7-14/h3-9,12H,10-11H2,1-2H3. The minimum Gasteiger partial charge on any atom is -0.497 e. The largest absolute Gasteiger partial charge is 0.497 e. The minimum atomic E-state index is -3.78. The Kier molecular flexibility index (Phi) is 5.22. The summed E-state index contributed by atoms with van der Waals surface area (Å²) in [6, 6.07) is 13.8. The molecule has 3 aromatic rings. The second-order valence-electron chi connectivity index (χ2n) is 5.24. The average Bonchev–Trinajstić information content (AvgIpc) is 2.96. The van der Waals surface area contributed by atoms with Crippen molar-refractivity contribution in [2.45, 2.75) is 11.4 Å². The van der Waals surface area contributed by atoms with Gasteiger partial charge in [-0.2, -0.15) is 8.42 Å². The maximum absolute atomic E-state index is 12.6. The van der Waals surface area contributed by atoms with Crippen LogP contribution < -0.4 is 9.54 Å². The van der Waals surface area contributed by atoms with Gasteiger partial charge in [0.25, 0.3) is 10.0 Å². The molecule has 0 spiro atoms. The fourth-order valence-electron chi connectivity index (χ4n) is 2.40. The zero-order chi connectivity index (χ0) is 17.9. The molecular formula is C17H18N2O4S2. The zero-order valence-electron chi connectivity index (χ0n) is 13.9. The van der Waals surface area contributed by atoms with Crippen LogP contribution in [0.5, 0.6) is 5.75 Å². The summed E-state index contributed by atoms with van der Waals surface area (Å²) >= 11 is 1.31. The lowest BCUT2D eigenvalue weighted by Gasteiger charge is -2.05. The summed E-state index contributed by atoms with van der Waals surface area (Å²) in [6.07, 6.45) is 0. The lowest BCUT2D eigenvalue weighted by molar-refractivity contribution is 0.187. The Labute approximate surface area is 150 Å². The van der Waals surface area contributed by atoms with Crippen LogP contribution in [0.1, 0.15) is 0 Å². The molecule has 0 fully saturated rings. The van der Waals surface area contributed by atoms with Gasteiger partial charge in [-0.15, -0.1) is 4.40 Å². The molecular weight excluding hydrogens is 360 g/mol. The summed E-state index contributed by atoms with van der Waals surface area (Å²) in [5.74, 6) is 0.713. The summed E-state index contributed by atoms with van der Waals surface area (Å²) < 4.78 is 42.4. The Balaban J connectivity index is 2.20. The van der Waals surface area contributed by atoms with Crippen LogP contribution in [0.15, 0.2) is 57.8 Å². The third kappa shape index (κ3) is 3.76. The second-order valence-corrected chi connectivity index (χ2v) is 7.86. The van der Waals surface area contributed by atoms with Crippen LogP contribution in [0.3, 0.4) is 0 Å². The van der Waals surface area contributed by atoms with Crippen LogP contribution in [0, 0.1) is 0 Å². The van der Waals surface area contributed by atoms with Crippen molar-refractivity contribution in [3.05, 3.63) is 53.3 Å². The third-order valence-corrected chi connectivity index (χ3v) is 6.09. The highest BCUT2D eigenvalue weighted by Crippen LogP contribution is 2.23. The predicted molar refractivity (Wildman–Crippen MR) is 97.4 cm³/mol. The molecule has 0 aliphatic carbocycles. The van der Waals surface area contributed by atoms with Crippen LogP contribution in [0.4, 0.5) is 0 Å². The van der Waals surface area contributed by atoms with Gasteiger partial charge in [0.2, 0.25) is 4.80 Å². The number of sulfonamides is 1. The van der Waals surface area contributed by atoms with Crippen molar-refractivity contribution >= 4 is 31.6 Å². The topological polar surface area (TPSA) is 69.9 Å². The van der Waals surface area contributed by atoms with Crippen molar-refractivity contribution in [2.75, 3.05) is 20.8 Å². The minimum absolute atomic E-state index is 0.170. The zero-order valence-corrected chi connectivity index (χ0v) is 15.5. The molecule has 0 bridgehead atoms. The van der Waals surface area contributed by atoms with Crippen LogP contribution in [0.25, 0.3) is 10.2 Å². The van der Waals surface area contributed by atoms with Crippen molar-refractivity contribution < 1.29 is 17.9 Å². The van der Waals surface area contributed by atoms with E-state index < -0.39 is 10.0 Å². The molecule has 0 atom stereocenters. The molecule has 0 aliphatic rings. The van der Waals surface area contributed by atoms with E-state index in [1.165, 1.54) is 23.5 Å². The van der Waals surface area contributed by atoms with Gasteiger partial charge in [-0.3, -0.25) is 0 Å². The molecule has 132 valence electrons. The quantitative estimate of drug-likeness (QED) is 0.661. The lowest BCUT2D eigenvalue weighted by Crippen LogP contribution is -2.19. The SMILES string of the molecule is COCCn1c(=NS(=O)(=O)c2ccccc2)sc2cc(OC)ccc21. The van der Waals surface area contributed by atoms with Crippen molar-refractivity contribution in [2.24, 2.45) is 4.40 Å². The molecule has 6 nitrogen and oxygen atoms in total. The number of aromatic nitrogens is 1. The maximum Gasteiger partial charge on any atom is 0.285 e. The smallest absolute Gasteiger partial charge is 0.285 e. The first-order valence-electron chi connectivity index (χ1n) is 7.57. The number of fused-ring (bicyclic) bond motifs is 1. The van der Waals surface area contributed by atoms with Crippen LogP contribution in [-0.2, 0) is 21.3 Å². The van der Waals surface area contributed by atoms with Gasteiger partial charge in [0, 0.05) is 13.7 Å². The number of benzene rings is 2. The Morgan fingerprint density at radius 3 is 2.56 bits per heavy atom. The number of hydrogen-bond acceptors (Lipinski definition) is 5. The maximum atomic E-state index is 12.6. The van der Waals surface area contributed by atoms with E-state index in [1.54, 1.807) is 32.4 Å². The molecule has 0 radical (unpaired) electrons. The number of nitrogens with zero attached hydrogens (tertiary/aromatic N) is 2. The first-order valence-corrected chi connectivity index (χ1v) is 9.83. The molecule has 1 heterocycles. The first-order chi connectivity index (χ1) is 12.0. The molecule has 1 aromatic heterocycles. The van der Waals surface area contributed by atoms with Crippen LogP contribution in [0.2, 0.25) is 0 Å². The van der Waals surface area contributed by atoms with Gasteiger partial charge in [0.05, 0.1) is 28.8 Å². The first kappa shape index (κ1) is 17.7. The number of thiazole rings is 1. The molecule has 3 rings (SSSR count). The molecule has 0 unspecified atom stereocenters. The highest BCUT2D eigenvalue weighted by Gasteiger charge is 2.14. The summed E-state index contributed by atoms with van der Waals surface area (Å²) in [6.45, 7) is 0.961. The van der Waals surface area contributed by atoms with E-state index in [9.17, 15) is 8.42 Å². The Hall–Kier alpha value is -2.16. The molecule has 0 aliphatic heterocycles. The number of ether oxygens (including phenoxy) is 2. The van der Waals surface area contributed by atoms with Gasteiger partial charge >= 0.3 is 0 Å². The molecule has 0 saturated carbocycles. The number of rotatable bonds is 6. The van der Waals surface area contributed by atoms with E-state index >= 15 is 0 Å². The monoisotopic (exact) mass is 378 g/mol. The molecule has 8 heteroatoms. The highest BCUT2D eigenvalue weighted by molar-refractivity contribution is 7.90. The van der Waals surface area contributed by atoms with Crippen LogP contribution >= 0.6 is 11.3 Å². The van der Waals surface area contributed by atoms with Gasteiger partial charge in [0.15, 0.2) is 0 Å². The number of methoxy groups -OCH3 is 2. The summed E-state index contributed by atoms with van der Waals surface area (Å²) in [7, 11) is -0.579. The molecule has 25 heavy (non-hydrogen) atoms. The number of hydrogen-bond donors (Lipinski definition) is 0. The third-order valence-electron chi connectivity index (χ3n) is 3.65. The van der Waals surface area contributed by atoms with E-state index in [0.29, 0.717) is 23.7 Å². The van der Waals surface area contributed by atoms with E-state index in [2.05, 4.69) is 4.40 Å². The van der Waals surface area contributed by atoms with Crippen molar-refractivity contribution in [1.82, 2.24) is 4.57 Å². The van der Waals surface area contributed by atoms with E-state index in [-0.39, 0.29) is 4.90 Å². The summed E-state index contributed by atoms with van der Waals surface area (Å²) in [5.41, 5.74) is 0.893. The van der Waals surface area contributed by atoms with E-state index in [1.807, 2.05) is 22.8 Å². The molecule has 0 saturated heterocycles. The molecule has 0 N–H and O–H groups in total. The average molecular weight is 378 g/mol. The summed E-state index contributed by atoms with van der Waals surface area (Å²) in [5, 5.41) is 0. The van der Waals surface area contributed by atoms with Gasteiger partial charge in [-0.05, 0) is 30.3 Å². The molecule has 2 aromatic carbocycles. The highest BCUT2D eigenvalue weighted by atomic mass is 32.2. The van der Waals surface area contributed by atoms with Crippen molar-refractivity contribution in [1.29, 1.82) is 0 Å². The fourth-order valence-corrected chi connectivity index (χ4v) is 4.71. The van der Waals surface area contributed by atoms with Crippen molar-refractivity contribution in [3.8, 4) is 5.75 Å². The summed E-state index contributed by atoms with van der Waals surface area (Å²) in [4.78, 5) is 0.576. The van der Waals surface area contributed by atoms with E-state index in [4.69, 9.17) is 9.47 Å². The van der Waals surface area contributed by atoms with E-state index in [0.717, 1.165) is 10.2 Å². The predicted octanol–water partition coefficient (Wildman–Crippen LogP) is 2.65. The van der Waals surface area contributed by atoms with Crippen LogP contribution in [-0.4, -0.2) is 33.8 Å². The fraction of sp³-hybridized carbons (Fsp3) is 0.235. The van der Waals surface area contributed by atoms with Gasteiger partial charge in [-0.1, -0.05) is 29.5 Å². The molecule has 0 amide bonds. The lowest BCUT2D eigenvalue weighted by atomic mass is 10.3. The normalized spacial score (nSPS) is 12.6.